The van der Waals surface area contributed by atoms with Crippen LogP contribution in [0.2, 0.25) is 0 Å². The van der Waals surface area contributed by atoms with Gasteiger partial charge in [-0.1, -0.05) is 6.92 Å². The number of aromatic nitrogens is 2. The quantitative estimate of drug-likeness (QED) is 0.911. The molecule has 0 aliphatic carbocycles. The van der Waals surface area contributed by atoms with Gasteiger partial charge < -0.3 is 10.0 Å². The Hall–Kier alpha value is -1.21. The second-order valence-electron chi connectivity index (χ2n) is 5.80. The smallest absolute Gasteiger partial charge is 0.320 e. The zero-order valence-corrected chi connectivity index (χ0v) is 13.2. The molecule has 2 aliphatic rings. The Morgan fingerprint density at radius 3 is 2.71 bits per heavy atom. The molecule has 116 valence electrons. The van der Waals surface area contributed by atoms with E-state index in [0.717, 1.165) is 62.7 Å². The fourth-order valence-corrected chi connectivity index (χ4v) is 4.20. The van der Waals surface area contributed by atoms with Crippen LogP contribution in [0.4, 0.5) is 5.13 Å². The van der Waals surface area contributed by atoms with Crippen LogP contribution in [0.1, 0.15) is 38.4 Å². The van der Waals surface area contributed by atoms with Gasteiger partial charge in [-0.25, -0.2) is 4.98 Å². The van der Waals surface area contributed by atoms with E-state index in [-0.39, 0.29) is 6.04 Å². The first kappa shape index (κ1) is 14.7. The fourth-order valence-electron chi connectivity index (χ4n) is 3.40. The highest BCUT2D eigenvalue weighted by Gasteiger charge is 2.36. The Bertz CT molecular complexity index is 499. The van der Waals surface area contributed by atoms with Crippen LogP contribution in [0.25, 0.3) is 0 Å². The van der Waals surface area contributed by atoms with Crippen molar-refractivity contribution in [1.82, 2.24) is 14.3 Å². The van der Waals surface area contributed by atoms with Gasteiger partial charge in [0.25, 0.3) is 0 Å². The largest absolute Gasteiger partial charge is 0.480 e. The topological polar surface area (TPSA) is 69.6 Å². The van der Waals surface area contributed by atoms with E-state index in [4.69, 9.17) is 0 Å². The summed E-state index contributed by atoms with van der Waals surface area (Å²) in [6.45, 7) is 4.90. The van der Waals surface area contributed by atoms with Crippen molar-refractivity contribution < 1.29 is 9.90 Å². The third kappa shape index (κ3) is 3.03. The molecule has 2 aliphatic heterocycles. The van der Waals surface area contributed by atoms with Crippen molar-refractivity contribution in [2.75, 3.05) is 24.5 Å². The molecule has 21 heavy (non-hydrogen) atoms. The van der Waals surface area contributed by atoms with Crippen LogP contribution >= 0.6 is 11.5 Å². The Morgan fingerprint density at radius 2 is 2.10 bits per heavy atom. The lowest BCUT2D eigenvalue weighted by molar-refractivity contribution is -0.143. The Morgan fingerprint density at radius 1 is 1.33 bits per heavy atom. The number of anilines is 1. The maximum atomic E-state index is 11.3. The third-order valence-corrected chi connectivity index (χ3v) is 5.37. The summed E-state index contributed by atoms with van der Waals surface area (Å²) in [5.74, 6) is 0.259. The molecule has 6 nitrogen and oxygen atoms in total. The van der Waals surface area contributed by atoms with E-state index in [0.29, 0.717) is 6.04 Å². The highest BCUT2D eigenvalue weighted by molar-refractivity contribution is 7.09. The summed E-state index contributed by atoms with van der Waals surface area (Å²) in [5, 5.41) is 10.3. The van der Waals surface area contributed by atoms with E-state index in [9.17, 15) is 9.90 Å². The molecular formula is C14H22N4O2S. The van der Waals surface area contributed by atoms with Gasteiger partial charge in [0.15, 0.2) is 0 Å². The molecule has 2 fully saturated rings. The molecule has 1 aromatic rings. The molecule has 3 heterocycles. The summed E-state index contributed by atoms with van der Waals surface area (Å²) in [6.07, 6.45) is 4.72. The van der Waals surface area contributed by atoms with E-state index >= 15 is 0 Å². The van der Waals surface area contributed by atoms with Crippen LogP contribution in [-0.4, -0.2) is 57.1 Å². The van der Waals surface area contributed by atoms with Gasteiger partial charge in [0.2, 0.25) is 5.13 Å². The monoisotopic (exact) mass is 310 g/mol. The number of likely N-dealkylation sites (tertiary alicyclic amines) is 1. The fraction of sp³-hybridized carbons (Fsp3) is 0.786. The number of nitrogens with zero attached hydrogens (tertiary/aromatic N) is 4. The molecule has 0 spiro atoms. The Labute approximate surface area is 128 Å². The van der Waals surface area contributed by atoms with Gasteiger partial charge in [0.05, 0.1) is 0 Å². The van der Waals surface area contributed by atoms with Gasteiger partial charge in [-0.15, -0.1) is 0 Å². The van der Waals surface area contributed by atoms with E-state index in [1.165, 1.54) is 11.5 Å². The standard InChI is InChI=1S/C14H22N4O2S/c1-2-12-15-14(21-16-12)17-8-5-10(6-9-17)18-7-3-4-11(18)13(19)20/h10-11H,2-9H2,1H3,(H,19,20). The second-order valence-corrected chi connectivity index (χ2v) is 6.53. The number of carboxylic acid groups (broad SMARTS) is 1. The van der Waals surface area contributed by atoms with Crippen LogP contribution in [0.5, 0.6) is 0 Å². The maximum absolute atomic E-state index is 11.3. The summed E-state index contributed by atoms with van der Waals surface area (Å²) in [7, 11) is 0. The minimum absolute atomic E-state index is 0.269. The van der Waals surface area contributed by atoms with Crippen molar-refractivity contribution in [3.05, 3.63) is 5.82 Å². The average Bonchev–Trinajstić information content (AvgIpc) is 3.16. The van der Waals surface area contributed by atoms with Crippen LogP contribution in [0.3, 0.4) is 0 Å². The molecule has 1 atom stereocenters. The molecule has 0 aromatic carbocycles. The number of carbonyl (C=O) groups is 1. The first-order valence-electron chi connectivity index (χ1n) is 7.75. The minimum atomic E-state index is -0.661. The molecule has 0 radical (unpaired) electrons. The molecule has 3 rings (SSSR count). The van der Waals surface area contributed by atoms with Gasteiger partial charge in [-0.05, 0) is 32.2 Å². The highest BCUT2D eigenvalue weighted by Crippen LogP contribution is 2.28. The Balaban J connectivity index is 1.58. The predicted octanol–water partition coefficient (Wildman–Crippen LogP) is 1.62. The van der Waals surface area contributed by atoms with E-state index in [1.807, 2.05) is 0 Å². The highest BCUT2D eigenvalue weighted by atomic mass is 32.1. The molecular weight excluding hydrogens is 288 g/mol. The maximum Gasteiger partial charge on any atom is 0.320 e. The number of aryl methyl sites for hydroxylation is 1. The number of hydrogen-bond donors (Lipinski definition) is 1. The van der Waals surface area contributed by atoms with Gasteiger partial charge in [0.1, 0.15) is 11.9 Å². The molecule has 0 saturated carbocycles. The van der Waals surface area contributed by atoms with E-state index in [2.05, 4.69) is 26.1 Å². The first-order valence-corrected chi connectivity index (χ1v) is 8.52. The van der Waals surface area contributed by atoms with Gasteiger partial charge >= 0.3 is 5.97 Å². The van der Waals surface area contributed by atoms with Gasteiger partial charge in [0, 0.05) is 37.1 Å². The van der Waals surface area contributed by atoms with Crippen LogP contribution < -0.4 is 4.90 Å². The number of hydrogen-bond acceptors (Lipinski definition) is 6. The summed E-state index contributed by atoms with van der Waals surface area (Å²) < 4.78 is 4.34. The molecule has 2 saturated heterocycles. The third-order valence-electron chi connectivity index (χ3n) is 4.56. The SMILES string of the molecule is CCc1nsc(N2CCC(N3CCCC3C(=O)O)CC2)n1. The predicted molar refractivity (Wildman–Crippen MR) is 81.9 cm³/mol. The Kier molecular flexibility index (Phi) is 4.40. The van der Waals surface area contributed by atoms with Crippen molar-refractivity contribution in [3.63, 3.8) is 0 Å². The van der Waals surface area contributed by atoms with Crippen molar-refractivity contribution in [3.8, 4) is 0 Å². The van der Waals surface area contributed by atoms with Crippen LogP contribution in [0.15, 0.2) is 0 Å². The number of piperidine rings is 1. The number of rotatable bonds is 4. The van der Waals surface area contributed by atoms with Crippen molar-refractivity contribution >= 4 is 22.6 Å². The molecule has 1 N–H and O–H groups in total. The normalized spacial score (nSPS) is 24.6. The summed E-state index contributed by atoms with van der Waals surface area (Å²) in [4.78, 5) is 20.3. The summed E-state index contributed by atoms with van der Waals surface area (Å²) in [6, 6.07) is 0.137. The molecule has 1 aromatic heterocycles. The van der Waals surface area contributed by atoms with Crippen LogP contribution in [0, 0.1) is 0 Å². The lowest BCUT2D eigenvalue weighted by Gasteiger charge is -2.38. The molecule has 0 amide bonds. The number of carboxylic acids is 1. The average molecular weight is 310 g/mol. The van der Waals surface area contributed by atoms with Crippen LogP contribution in [-0.2, 0) is 11.2 Å². The molecule has 7 heteroatoms. The van der Waals surface area contributed by atoms with Gasteiger partial charge in [-0.2, -0.15) is 4.37 Å². The zero-order chi connectivity index (χ0) is 14.8. The zero-order valence-electron chi connectivity index (χ0n) is 12.4. The lowest BCUT2D eigenvalue weighted by atomic mass is 10.0. The lowest BCUT2D eigenvalue weighted by Crippen LogP contribution is -2.48. The van der Waals surface area contributed by atoms with Crippen molar-refractivity contribution in [1.29, 1.82) is 0 Å². The molecule has 1 unspecified atom stereocenters. The first-order chi connectivity index (χ1) is 10.2. The van der Waals surface area contributed by atoms with E-state index in [1.54, 1.807) is 0 Å². The summed E-state index contributed by atoms with van der Waals surface area (Å²) in [5.41, 5.74) is 0. The number of aliphatic carboxylic acids is 1. The van der Waals surface area contributed by atoms with Crippen molar-refractivity contribution in [2.24, 2.45) is 0 Å². The van der Waals surface area contributed by atoms with Gasteiger partial charge in [-0.3, -0.25) is 9.69 Å². The minimum Gasteiger partial charge on any atom is -0.480 e. The van der Waals surface area contributed by atoms with Crippen molar-refractivity contribution in [2.45, 2.75) is 51.1 Å². The second kappa shape index (κ2) is 6.27. The molecule has 0 bridgehead atoms. The van der Waals surface area contributed by atoms with E-state index < -0.39 is 5.97 Å². The summed E-state index contributed by atoms with van der Waals surface area (Å²) >= 11 is 1.48.